The van der Waals surface area contributed by atoms with Gasteiger partial charge in [0.05, 0.1) is 11.5 Å². The molecule has 3 rings (SSSR count). The molecule has 0 aliphatic carbocycles. The number of hydrogen-bond donors (Lipinski definition) is 0. The van der Waals surface area contributed by atoms with Crippen molar-refractivity contribution in [3.8, 4) is 5.75 Å². The molecular formula is C20H22O7. The summed E-state index contributed by atoms with van der Waals surface area (Å²) in [6, 6.07) is 6.38. The van der Waals surface area contributed by atoms with E-state index in [1.165, 1.54) is 13.0 Å². The molecule has 0 amide bonds. The molecular weight excluding hydrogens is 352 g/mol. The zero-order valence-corrected chi connectivity index (χ0v) is 15.9. The summed E-state index contributed by atoms with van der Waals surface area (Å²) in [5, 5.41) is 0.641. The number of esters is 2. The van der Waals surface area contributed by atoms with E-state index in [9.17, 15) is 14.4 Å². The van der Waals surface area contributed by atoms with Crippen molar-refractivity contribution in [2.75, 3.05) is 0 Å². The van der Waals surface area contributed by atoms with Crippen LogP contribution in [0, 0.1) is 5.92 Å². The van der Waals surface area contributed by atoms with Crippen LogP contribution >= 0.6 is 0 Å². The Hall–Kier alpha value is -2.83. The van der Waals surface area contributed by atoms with E-state index in [0.717, 1.165) is 0 Å². The van der Waals surface area contributed by atoms with Gasteiger partial charge in [-0.1, -0.05) is 13.8 Å². The number of carbonyl (C=O) groups excluding carboxylic acids is 2. The maximum atomic E-state index is 12.3. The fraction of sp³-hybridized carbons (Fsp3) is 0.450. The standard InChI is InChI=1S/C20H22O7/c1-10(2)19(23)26-18-17(24-11(3)21)15-13(27-20(18,4)5)8-6-12-7-9-14(22)25-16(12)15/h6-10,17-18H,1-5H3. The Bertz CT molecular complexity index is 954. The van der Waals surface area contributed by atoms with Crippen LogP contribution in [0.15, 0.2) is 33.5 Å². The minimum atomic E-state index is -0.974. The van der Waals surface area contributed by atoms with Crippen LogP contribution in [0.3, 0.4) is 0 Å². The van der Waals surface area contributed by atoms with E-state index in [-0.39, 0.29) is 11.5 Å². The van der Waals surface area contributed by atoms with Gasteiger partial charge in [-0.05, 0) is 32.0 Å². The largest absolute Gasteiger partial charge is 0.483 e. The fourth-order valence-electron chi connectivity index (χ4n) is 3.12. The molecule has 2 aromatic rings. The van der Waals surface area contributed by atoms with Crippen LogP contribution in [0.5, 0.6) is 5.75 Å². The summed E-state index contributed by atoms with van der Waals surface area (Å²) in [6.45, 7) is 8.18. The smallest absolute Gasteiger partial charge is 0.336 e. The fourth-order valence-corrected chi connectivity index (χ4v) is 3.12. The van der Waals surface area contributed by atoms with Crippen LogP contribution in [-0.4, -0.2) is 23.6 Å². The van der Waals surface area contributed by atoms with Crippen molar-refractivity contribution in [1.29, 1.82) is 0 Å². The molecule has 0 bridgehead atoms. The normalized spacial score (nSPS) is 20.7. The van der Waals surface area contributed by atoms with Gasteiger partial charge < -0.3 is 18.6 Å². The summed E-state index contributed by atoms with van der Waals surface area (Å²) in [4.78, 5) is 35.8. The molecule has 1 aromatic carbocycles. The Morgan fingerprint density at radius 1 is 1.11 bits per heavy atom. The second-order valence-corrected chi connectivity index (χ2v) is 7.40. The van der Waals surface area contributed by atoms with Gasteiger partial charge in [-0.15, -0.1) is 0 Å². The molecule has 7 nitrogen and oxygen atoms in total. The maximum absolute atomic E-state index is 12.3. The molecule has 2 atom stereocenters. The zero-order valence-electron chi connectivity index (χ0n) is 15.9. The van der Waals surface area contributed by atoms with E-state index >= 15 is 0 Å². The quantitative estimate of drug-likeness (QED) is 0.602. The summed E-state index contributed by atoms with van der Waals surface area (Å²) < 4.78 is 22.6. The number of hydrogen-bond acceptors (Lipinski definition) is 7. The van der Waals surface area contributed by atoms with Crippen LogP contribution in [0.2, 0.25) is 0 Å². The molecule has 1 aliphatic rings. The lowest BCUT2D eigenvalue weighted by atomic mass is 9.87. The van der Waals surface area contributed by atoms with E-state index in [2.05, 4.69) is 0 Å². The van der Waals surface area contributed by atoms with Crippen LogP contribution in [-0.2, 0) is 19.1 Å². The minimum Gasteiger partial charge on any atom is -0.483 e. The lowest BCUT2D eigenvalue weighted by Crippen LogP contribution is -2.52. The van der Waals surface area contributed by atoms with E-state index in [4.69, 9.17) is 18.6 Å². The summed E-state index contributed by atoms with van der Waals surface area (Å²) in [7, 11) is 0. The van der Waals surface area contributed by atoms with Gasteiger partial charge in [0, 0.05) is 18.4 Å². The van der Waals surface area contributed by atoms with Crippen molar-refractivity contribution in [3.63, 3.8) is 0 Å². The van der Waals surface area contributed by atoms with Gasteiger partial charge in [0.15, 0.2) is 12.2 Å². The average Bonchev–Trinajstić information content (AvgIpc) is 2.56. The highest BCUT2D eigenvalue weighted by Crippen LogP contribution is 2.46. The summed E-state index contributed by atoms with van der Waals surface area (Å²) in [5.74, 6) is -0.959. The van der Waals surface area contributed by atoms with Gasteiger partial charge in [0.2, 0.25) is 0 Å². The third kappa shape index (κ3) is 3.54. The Balaban J connectivity index is 2.23. The highest BCUT2D eigenvalue weighted by atomic mass is 16.6. The summed E-state index contributed by atoms with van der Waals surface area (Å²) >= 11 is 0. The van der Waals surface area contributed by atoms with E-state index in [1.54, 1.807) is 45.9 Å². The van der Waals surface area contributed by atoms with Crippen LogP contribution in [0.1, 0.15) is 46.3 Å². The Morgan fingerprint density at radius 3 is 2.41 bits per heavy atom. The molecule has 0 saturated carbocycles. The molecule has 2 unspecified atom stereocenters. The number of ether oxygens (including phenoxy) is 3. The number of rotatable bonds is 3. The van der Waals surface area contributed by atoms with Gasteiger partial charge in [0.1, 0.15) is 16.9 Å². The third-order valence-corrected chi connectivity index (χ3v) is 4.41. The zero-order chi connectivity index (χ0) is 19.9. The van der Waals surface area contributed by atoms with Crippen molar-refractivity contribution in [3.05, 3.63) is 40.2 Å². The first-order chi connectivity index (χ1) is 12.6. The first kappa shape index (κ1) is 18.9. The van der Waals surface area contributed by atoms with Crippen molar-refractivity contribution in [2.45, 2.75) is 52.4 Å². The van der Waals surface area contributed by atoms with Crippen LogP contribution in [0.25, 0.3) is 11.0 Å². The summed E-state index contributed by atoms with van der Waals surface area (Å²) in [5.41, 5.74) is -0.896. The molecule has 0 fully saturated rings. The maximum Gasteiger partial charge on any atom is 0.336 e. The molecule has 1 aliphatic heterocycles. The SMILES string of the molecule is CC(=O)OC1c2c(ccc3ccc(=O)oc23)OC(C)(C)C1OC(=O)C(C)C. The molecule has 7 heteroatoms. The Labute approximate surface area is 156 Å². The molecule has 27 heavy (non-hydrogen) atoms. The lowest BCUT2D eigenvalue weighted by molar-refractivity contribution is -0.191. The van der Waals surface area contributed by atoms with Crippen molar-refractivity contribution in [2.24, 2.45) is 5.92 Å². The Morgan fingerprint density at radius 2 is 1.78 bits per heavy atom. The first-order valence-electron chi connectivity index (χ1n) is 8.73. The van der Waals surface area contributed by atoms with Gasteiger partial charge in [0.25, 0.3) is 0 Å². The predicted molar refractivity (Wildman–Crippen MR) is 96.4 cm³/mol. The number of carbonyl (C=O) groups is 2. The minimum absolute atomic E-state index is 0.243. The second kappa shape index (κ2) is 6.72. The van der Waals surface area contributed by atoms with E-state index in [1.807, 2.05) is 0 Å². The summed E-state index contributed by atoms with van der Waals surface area (Å²) in [6.07, 6.45) is -1.89. The van der Waals surface area contributed by atoms with Crippen molar-refractivity contribution >= 4 is 22.9 Å². The molecule has 0 spiro atoms. The monoisotopic (exact) mass is 374 g/mol. The molecule has 0 N–H and O–H groups in total. The van der Waals surface area contributed by atoms with Gasteiger partial charge in [-0.25, -0.2) is 4.79 Å². The number of fused-ring (bicyclic) bond motifs is 3. The third-order valence-electron chi connectivity index (χ3n) is 4.41. The predicted octanol–water partition coefficient (Wildman–Crippen LogP) is 3.14. The van der Waals surface area contributed by atoms with Crippen molar-refractivity contribution < 1.29 is 28.2 Å². The van der Waals surface area contributed by atoms with Crippen molar-refractivity contribution in [1.82, 2.24) is 0 Å². The highest BCUT2D eigenvalue weighted by Gasteiger charge is 2.50. The average molecular weight is 374 g/mol. The molecule has 1 aromatic heterocycles. The highest BCUT2D eigenvalue weighted by molar-refractivity contribution is 5.83. The molecule has 0 saturated heterocycles. The first-order valence-corrected chi connectivity index (χ1v) is 8.73. The van der Waals surface area contributed by atoms with Gasteiger partial charge in [-0.2, -0.15) is 0 Å². The van der Waals surface area contributed by atoms with Crippen LogP contribution in [0.4, 0.5) is 0 Å². The second-order valence-electron chi connectivity index (χ2n) is 7.40. The lowest BCUT2D eigenvalue weighted by Gasteiger charge is -2.43. The molecule has 0 radical (unpaired) electrons. The number of benzene rings is 1. The van der Waals surface area contributed by atoms with Gasteiger partial charge in [-0.3, -0.25) is 9.59 Å². The van der Waals surface area contributed by atoms with Gasteiger partial charge >= 0.3 is 17.6 Å². The Kier molecular flexibility index (Phi) is 4.71. The van der Waals surface area contributed by atoms with E-state index in [0.29, 0.717) is 16.7 Å². The molecule has 2 heterocycles. The van der Waals surface area contributed by atoms with Crippen LogP contribution < -0.4 is 10.4 Å². The molecule has 144 valence electrons. The van der Waals surface area contributed by atoms with E-state index < -0.39 is 35.4 Å². The topological polar surface area (TPSA) is 92.0 Å².